The molecule has 0 bridgehead atoms. The lowest BCUT2D eigenvalue weighted by Crippen LogP contribution is -2.50. The predicted octanol–water partition coefficient (Wildman–Crippen LogP) is 0.881. The monoisotopic (exact) mass is 279 g/mol. The number of nitrogens with zero attached hydrogens (tertiary/aromatic N) is 1. The Kier molecular flexibility index (Phi) is 4.67. The lowest BCUT2D eigenvalue weighted by Gasteiger charge is -2.34. The van der Waals surface area contributed by atoms with Crippen LogP contribution in [0.2, 0.25) is 0 Å². The second-order valence-corrected chi connectivity index (χ2v) is 5.34. The Morgan fingerprint density at radius 3 is 2.37 bits per heavy atom. The van der Waals surface area contributed by atoms with E-state index in [4.69, 9.17) is 0 Å². The molecule has 2 N–H and O–H groups in total. The Labute approximate surface area is 110 Å². The average Bonchev–Trinajstić information content (AvgIpc) is 3.11. The predicted molar refractivity (Wildman–Crippen MR) is 64.7 cm³/mol. The van der Waals surface area contributed by atoms with Gasteiger partial charge in [0.2, 0.25) is 5.91 Å². The minimum Gasteiger partial charge on any atom is -0.352 e. The number of piperidine rings is 1. The first-order valence-corrected chi connectivity index (χ1v) is 6.75. The van der Waals surface area contributed by atoms with Crippen LogP contribution in [0.15, 0.2) is 0 Å². The van der Waals surface area contributed by atoms with Gasteiger partial charge >= 0.3 is 6.18 Å². The first kappa shape index (κ1) is 14.6. The molecule has 1 saturated carbocycles. The van der Waals surface area contributed by atoms with Crippen LogP contribution in [0.4, 0.5) is 13.2 Å². The zero-order valence-electron chi connectivity index (χ0n) is 10.8. The molecule has 0 aromatic rings. The molecule has 0 atom stereocenters. The van der Waals surface area contributed by atoms with Gasteiger partial charge in [0.15, 0.2) is 0 Å². The summed E-state index contributed by atoms with van der Waals surface area (Å²) in [6.07, 6.45) is -1.05. The van der Waals surface area contributed by atoms with Crippen LogP contribution in [0, 0.1) is 0 Å². The van der Waals surface area contributed by atoms with E-state index in [1.807, 2.05) is 0 Å². The van der Waals surface area contributed by atoms with Gasteiger partial charge in [0.05, 0.1) is 13.1 Å². The molecule has 7 heteroatoms. The number of alkyl halides is 3. The molecule has 19 heavy (non-hydrogen) atoms. The first-order chi connectivity index (χ1) is 8.94. The smallest absolute Gasteiger partial charge is 0.352 e. The van der Waals surface area contributed by atoms with Crippen molar-refractivity contribution in [2.75, 3.05) is 26.2 Å². The summed E-state index contributed by atoms with van der Waals surface area (Å²) in [7, 11) is 0. The molecule has 0 radical (unpaired) electrons. The van der Waals surface area contributed by atoms with Crippen LogP contribution < -0.4 is 10.6 Å². The van der Waals surface area contributed by atoms with E-state index < -0.39 is 12.7 Å². The standard InChI is InChI=1S/C12H20F3N3O/c13-12(14,15)8-18(10-3-5-16-6-4-10)7-11(19)17-9-1-2-9/h9-10,16H,1-8H2,(H,17,19). The van der Waals surface area contributed by atoms with Gasteiger partial charge in [0, 0.05) is 12.1 Å². The number of carbonyl (C=O) groups is 1. The van der Waals surface area contributed by atoms with Crippen LogP contribution in [0.5, 0.6) is 0 Å². The quantitative estimate of drug-likeness (QED) is 0.785. The molecule has 1 amide bonds. The molecule has 0 aromatic carbocycles. The van der Waals surface area contributed by atoms with Gasteiger partial charge in [0.1, 0.15) is 0 Å². The summed E-state index contributed by atoms with van der Waals surface area (Å²) in [5.41, 5.74) is 0. The largest absolute Gasteiger partial charge is 0.401 e. The van der Waals surface area contributed by atoms with Gasteiger partial charge in [0.25, 0.3) is 0 Å². The van der Waals surface area contributed by atoms with E-state index in [1.165, 1.54) is 4.90 Å². The van der Waals surface area contributed by atoms with E-state index in [0.717, 1.165) is 12.8 Å². The van der Waals surface area contributed by atoms with E-state index in [1.54, 1.807) is 0 Å². The van der Waals surface area contributed by atoms with Crippen molar-refractivity contribution in [3.8, 4) is 0 Å². The van der Waals surface area contributed by atoms with E-state index in [0.29, 0.717) is 25.9 Å². The van der Waals surface area contributed by atoms with E-state index >= 15 is 0 Å². The van der Waals surface area contributed by atoms with Crippen molar-refractivity contribution in [2.45, 2.75) is 43.9 Å². The number of amides is 1. The Morgan fingerprint density at radius 2 is 1.84 bits per heavy atom. The number of nitrogens with one attached hydrogen (secondary N) is 2. The van der Waals surface area contributed by atoms with Crippen molar-refractivity contribution in [1.82, 2.24) is 15.5 Å². The second-order valence-electron chi connectivity index (χ2n) is 5.34. The third-order valence-electron chi connectivity index (χ3n) is 3.50. The van der Waals surface area contributed by atoms with Crippen molar-refractivity contribution in [1.29, 1.82) is 0 Å². The van der Waals surface area contributed by atoms with Crippen LogP contribution in [-0.4, -0.2) is 55.2 Å². The fourth-order valence-corrected chi connectivity index (χ4v) is 2.40. The van der Waals surface area contributed by atoms with Gasteiger partial charge in [-0.3, -0.25) is 9.69 Å². The van der Waals surface area contributed by atoms with Crippen molar-refractivity contribution in [3.63, 3.8) is 0 Å². The fraction of sp³-hybridized carbons (Fsp3) is 0.917. The lowest BCUT2D eigenvalue weighted by atomic mass is 10.0. The molecule has 4 nitrogen and oxygen atoms in total. The minimum atomic E-state index is -4.26. The van der Waals surface area contributed by atoms with Gasteiger partial charge < -0.3 is 10.6 Å². The summed E-state index contributed by atoms with van der Waals surface area (Å²) in [6, 6.07) is 0.0288. The highest BCUT2D eigenvalue weighted by molar-refractivity contribution is 5.78. The molecule has 2 rings (SSSR count). The molecule has 1 saturated heterocycles. The van der Waals surface area contributed by atoms with Crippen LogP contribution in [0.25, 0.3) is 0 Å². The van der Waals surface area contributed by atoms with Crippen LogP contribution >= 0.6 is 0 Å². The van der Waals surface area contributed by atoms with Gasteiger partial charge in [-0.05, 0) is 38.8 Å². The topological polar surface area (TPSA) is 44.4 Å². The highest BCUT2D eigenvalue weighted by Gasteiger charge is 2.35. The maximum atomic E-state index is 12.6. The SMILES string of the molecule is O=C(CN(CC(F)(F)F)C1CCNCC1)NC1CC1. The lowest BCUT2D eigenvalue weighted by molar-refractivity contribution is -0.154. The third kappa shape index (κ3) is 5.36. The van der Waals surface area contributed by atoms with Crippen molar-refractivity contribution >= 4 is 5.91 Å². The molecule has 0 unspecified atom stereocenters. The summed E-state index contributed by atoms with van der Waals surface area (Å²) in [6.45, 7) is 0.267. The fourth-order valence-electron chi connectivity index (χ4n) is 2.40. The van der Waals surface area contributed by atoms with E-state index in [9.17, 15) is 18.0 Å². The Bertz CT molecular complexity index is 312. The molecular formula is C12H20F3N3O. The maximum absolute atomic E-state index is 12.6. The van der Waals surface area contributed by atoms with E-state index in [2.05, 4.69) is 10.6 Å². The first-order valence-electron chi connectivity index (χ1n) is 6.75. The summed E-state index contributed by atoms with van der Waals surface area (Å²) >= 11 is 0. The third-order valence-corrected chi connectivity index (χ3v) is 3.50. The van der Waals surface area contributed by atoms with Crippen molar-refractivity contribution in [2.24, 2.45) is 0 Å². The molecule has 2 aliphatic rings. The number of hydrogen-bond acceptors (Lipinski definition) is 3. The highest BCUT2D eigenvalue weighted by Crippen LogP contribution is 2.22. The van der Waals surface area contributed by atoms with Crippen LogP contribution in [0.3, 0.4) is 0 Å². The Hall–Kier alpha value is -0.820. The summed E-state index contributed by atoms with van der Waals surface area (Å²) in [4.78, 5) is 13.0. The van der Waals surface area contributed by atoms with E-state index in [-0.39, 0.29) is 24.5 Å². The number of carbonyl (C=O) groups excluding carboxylic acids is 1. The molecule has 1 aliphatic carbocycles. The zero-order valence-corrected chi connectivity index (χ0v) is 10.8. The molecule has 1 heterocycles. The Balaban J connectivity index is 1.89. The molecule has 110 valence electrons. The van der Waals surface area contributed by atoms with Gasteiger partial charge in [-0.2, -0.15) is 13.2 Å². The molecule has 0 spiro atoms. The van der Waals surface area contributed by atoms with Crippen molar-refractivity contribution in [3.05, 3.63) is 0 Å². The number of hydrogen-bond donors (Lipinski definition) is 2. The second kappa shape index (κ2) is 6.09. The van der Waals surface area contributed by atoms with Gasteiger partial charge in [-0.15, -0.1) is 0 Å². The number of halogens is 3. The van der Waals surface area contributed by atoms with Gasteiger partial charge in [-0.1, -0.05) is 0 Å². The summed E-state index contributed by atoms with van der Waals surface area (Å²) < 4.78 is 37.8. The number of rotatable bonds is 5. The minimum absolute atomic E-state index is 0.152. The van der Waals surface area contributed by atoms with Crippen LogP contribution in [-0.2, 0) is 4.79 Å². The average molecular weight is 279 g/mol. The zero-order chi connectivity index (χ0) is 13.9. The van der Waals surface area contributed by atoms with Gasteiger partial charge in [-0.25, -0.2) is 0 Å². The molecule has 1 aliphatic heterocycles. The normalized spacial score (nSPS) is 21.7. The highest BCUT2D eigenvalue weighted by atomic mass is 19.4. The van der Waals surface area contributed by atoms with Crippen LogP contribution in [0.1, 0.15) is 25.7 Å². The summed E-state index contributed by atoms with van der Waals surface area (Å²) in [5, 5.41) is 5.87. The van der Waals surface area contributed by atoms with Crippen molar-refractivity contribution < 1.29 is 18.0 Å². The molecule has 2 fully saturated rings. The maximum Gasteiger partial charge on any atom is 0.401 e. The molecular weight excluding hydrogens is 259 g/mol. The summed E-state index contributed by atoms with van der Waals surface area (Å²) in [5.74, 6) is -0.287. The molecule has 0 aromatic heterocycles. The Morgan fingerprint density at radius 1 is 1.21 bits per heavy atom.